The van der Waals surface area contributed by atoms with E-state index in [1.807, 2.05) is 12.3 Å². The van der Waals surface area contributed by atoms with Crippen molar-refractivity contribution >= 4 is 11.8 Å². The quantitative estimate of drug-likeness (QED) is 0.547. The zero-order valence-electron chi connectivity index (χ0n) is 5.27. The second kappa shape index (κ2) is 3.13. The molecule has 0 aliphatic rings. The minimum atomic E-state index is 0.305. The molecule has 0 N–H and O–H groups in total. The summed E-state index contributed by atoms with van der Waals surface area (Å²) in [5.74, 6) is 0. The highest BCUT2D eigenvalue weighted by molar-refractivity contribution is 7.98. The van der Waals surface area contributed by atoms with Crippen LogP contribution in [0.3, 0.4) is 0 Å². The lowest BCUT2D eigenvalue weighted by molar-refractivity contribution is 0.831. The first-order valence-electron chi connectivity index (χ1n) is 2.50. The van der Waals surface area contributed by atoms with E-state index in [1.165, 1.54) is 18.0 Å². The van der Waals surface area contributed by atoms with Gasteiger partial charge in [-0.1, -0.05) is 11.8 Å². The van der Waals surface area contributed by atoms with Gasteiger partial charge in [0.2, 0.25) is 5.16 Å². The Morgan fingerprint density at radius 2 is 2.50 bits per heavy atom. The zero-order chi connectivity index (χ0) is 7.40. The topological polar surface area (TPSA) is 62.5 Å². The smallest absolute Gasteiger partial charge is 0.208 e. The van der Waals surface area contributed by atoms with Gasteiger partial charge in [-0.15, -0.1) is 5.10 Å². The van der Waals surface area contributed by atoms with Gasteiger partial charge >= 0.3 is 0 Å². The fourth-order valence-electron chi connectivity index (χ4n) is 0.428. The summed E-state index contributed by atoms with van der Waals surface area (Å²) in [5, 5.41) is 16.1. The van der Waals surface area contributed by atoms with Gasteiger partial charge in [0.25, 0.3) is 0 Å². The third-order valence-electron chi connectivity index (χ3n) is 0.837. The summed E-state index contributed by atoms with van der Waals surface area (Å²) < 4.78 is 0. The van der Waals surface area contributed by atoms with Gasteiger partial charge < -0.3 is 0 Å². The Labute approximate surface area is 62.3 Å². The first kappa shape index (κ1) is 6.96. The molecule has 0 saturated carbocycles. The van der Waals surface area contributed by atoms with Crippen molar-refractivity contribution in [2.75, 3.05) is 6.26 Å². The van der Waals surface area contributed by atoms with Gasteiger partial charge in [-0.25, -0.2) is 4.98 Å². The van der Waals surface area contributed by atoms with E-state index >= 15 is 0 Å². The molecule has 0 saturated heterocycles. The molecule has 0 unspecified atom stereocenters. The molecule has 0 aromatic carbocycles. The molecule has 0 aliphatic carbocycles. The SMILES string of the molecule is CSc1nncc(C#N)n1. The largest absolute Gasteiger partial charge is 0.210 e. The molecule has 0 amide bonds. The van der Waals surface area contributed by atoms with Crippen LogP contribution in [-0.2, 0) is 0 Å². The molecule has 1 heterocycles. The Morgan fingerprint density at radius 3 is 3.10 bits per heavy atom. The van der Waals surface area contributed by atoms with E-state index in [4.69, 9.17) is 5.26 Å². The van der Waals surface area contributed by atoms with Gasteiger partial charge in [0.1, 0.15) is 6.07 Å². The molecule has 50 valence electrons. The fraction of sp³-hybridized carbons (Fsp3) is 0.200. The Hall–Kier alpha value is -1.15. The number of hydrogen-bond acceptors (Lipinski definition) is 5. The third-order valence-corrected chi connectivity index (χ3v) is 1.37. The molecule has 0 aliphatic heterocycles. The van der Waals surface area contributed by atoms with Crippen molar-refractivity contribution in [3.8, 4) is 6.07 Å². The van der Waals surface area contributed by atoms with Crippen molar-refractivity contribution in [3.05, 3.63) is 11.9 Å². The van der Waals surface area contributed by atoms with Crippen LogP contribution in [0.4, 0.5) is 0 Å². The van der Waals surface area contributed by atoms with E-state index in [-0.39, 0.29) is 0 Å². The standard InChI is InChI=1S/C5H4N4S/c1-10-5-8-4(2-6)3-7-9-5/h3H,1H3. The zero-order valence-corrected chi connectivity index (χ0v) is 6.09. The molecule has 0 spiro atoms. The van der Waals surface area contributed by atoms with Gasteiger partial charge in [-0.2, -0.15) is 10.4 Å². The van der Waals surface area contributed by atoms with E-state index in [9.17, 15) is 0 Å². The van der Waals surface area contributed by atoms with Crippen LogP contribution in [-0.4, -0.2) is 21.4 Å². The van der Waals surface area contributed by atoms with Crippen molar-refractivity contribution in [2.24, 2.45) is 0 Å². The van der Waals surface area contributed by atoms with Crippen LogP contribution in [0.25, 0.3) is 0 Å². The second-order valence-corrected chi connectivity index (χ2v) is 2.21. The number of aromatic nitrogens is 3. The average Bonchev–Trinajstić information content (AvgIpc) is 2.05. The summed E-state index contributed by atoms with van der Waals surface area (Å²) in [5.41, 5.74) is 0.305. The predicted molar refractivity (Wildman–Crippen MR) is 36.3 cm³/mol. The molecule has 0 radical (unpaired) electrons. The summed E-state index contributed by atoms with van der Waals surface area (Å²) in [6.45, 7) is 0. The minimum absolute atomic E-state index is 0.305. The maximum atomic E-state index is 8.37. The van der Waals surface area contributed by atoms with Crippen molar-refractivity contribution < 1.29 is 0 Å². The second-order valence-electron chi connectivity index (χ2n) is 1.44. The molecule has 4 nitrogen and oxygen atoms in total. The van der Waals surface area contributed by atoms with Crippen molar-refractivity contribution in [3.63, 3.8) is 0 Å². The molecular formula is C5H4N4S. The molecule has 10 heavy (non-hydrogen) atoms. The molecule has 1 aromatic heterocycles. The number of nitriles is 1. The lowest BCUT2D eigenvalue weighted by atomic mass is 10.5. The predicted octanol–water partition coefficient (Wildman–Crippen LogP) is 0.465. The first-order chi connectivity index (χ1) is 4.86. The Kier molecular flexibility index (Phi) is 2.18. The minimum Gasteiger partial charge on any atom is -0.208 e. The lowest BCUT2D eigenvalue weighted by Crippen LogP contribution is -1.91. The van der Waals surface area contributed by atoms with Gasteiger partial charge in [0.15, 0.2) is 5.69 Å². The molecule has 5 heteroatoms. The lowest BCUT2D eigenvalue weighted by Gasteiger charge is -1.89. The number of hydrogen-bond donors (Lipinski definition) is 0. The van der Waals surface area contributed by atoms with Crippen LogP contribution in [0.1, 0.15) is 5.69 Å². The van der Waals surface area contributed by atoms with Crippen molar-refractivity contribution in [1.82, 2.24) is 15.2 Å². The third kappa shape index (κ3) is 1.42. The van der Waals surface area contributed by atoms with Crippen molar-refractivity contribution in [1.29, 1.82) is 5.26 Å². The van der Waals surface area contributed by atoms with E-state index in [2.05, 4.69) is 15.2 Å². The molecule has 1 rings (SSSR count). The highest BCUT2D eigenvalue weighted by atomic mass is 32.2. The summed E-state index contributed by atoms with van der Waals surface area (Å²) in [7, 11) is 0. The van der Waals surface area contributed by atoms with Crippen LogP contribution in [0.15, 0.2) is 11.4 Å². The fourth-order valence-corrected chi connectivity index (χ4v) is 0.746. The van der Waals surface area contributed by atoms with Crippen LogP contribution in [0.2, 0.25) is 0 Å². The summed E-state index contributed by atoms with van der Waals surface area (Å²) in [4.78, 5) is 3.84. The number of rotatable bonds is 1. The Morgan fingerprint density at radius 1 is 1.70 bits per heavy atom. The highest BCUT2D eigenvalue weighted by Crippen LogP contribution is 2.04. The number of thioether (sulfide) groups is 1. The van der Waals surface area contributed by atoms with Crippen LogP contribution in [0.5, 0.6) is 0 Å². The number of nitrogens with zero attached hydrogens (tertiary/aromatic N) is 4. The van der Waals surface area contributed by atoms with Gasteiger partial charge in [-0.3, -0.25) is 0 Å². The summed E-state index contributed by atoms with van der Waals surface area (Å²) in [6, 6.07) is 1.87. The van der Waals surface area contributed by atoms with E-state index in [1.54, 1.807) is 0 Å². The summed E-state index contributed by atoms with van der Waals surface area (Å²) in [6.07, 6.45) is 3.16. The molecular weight excluding hydrogens is 148 g/mol. The Bertz CT molecular complexity index is 267. The maximum absolute atomic E-state index is 8.37. The first-order valence-corrected chi connectivity index (χ1v) is 3.73. The molecule has 0 bridgehead atoms. The van der Waals surface area contributed by atoms with Crippen LogP contribution < -0.4 is 0 Å². The van der Waals surface area contributed by atoms with Gasteiger partial charge in [0, 0.05) is 0 Å². The van der Waals surface area contributed by atoms with Gasteiger partial charge in [-0.05, 0) is 6.26 Å². The maximum Gasteiger partial charge on any atom is 0.210 e. The Balaban J connectivity index is 3.01. The van der Waals surface area contributed by atoms with Gasteiger partial charge in [0.05, 0.1) is 6.20 Å². The molecule has 0 fully saturated rings. The molecule has 1 aromatic rings. The van der Waals surface area contributed by atoms with Crippen LogP contribution >= 0.6 is 11.8 Å². The average molecular weight is 152 g/mol. The van der Waals surface area contributed by atoms with Crippen molar-refractivity contribution in [2.45, 2.75) is 5.16 Å². The van der Waals surface area contributed by atoms with E-state index in [0.717, 1.165) is 0 Å². The highest BCUT2D eigenvalue weighted by Gasteiger charge is 1.95. The monoisotopic (exact) mass is 152 g/mol. The molecule has 0 atom stereocenters. The van der Waals surface area contributed by atoms with Crippen LogP contribution in [0, 0.1) is 11.3 Å². The van der Waals surface area contributed by atoms with E-state index < -0.39 is 0 Å². The summed E-state index contributed by atoms with van der Waals surface area (Å²) >= 11 is 1.36. The van der Waals surface area contributed by atoms with E-state index in [0.29, 0.717) is 10.9 Å². The normalized spacial score (nSPS) is 8.80.